The lowest BCUT2D eigenvalue weighted by atomic mass is 9.93. The molecule has 1 aliphatic heterocycles. The molecule has 34 heavy (non-hydrogen) atoms. The first-order valence-electron chi connectivity index (χ1n) is 11.5. The number of amides is 2. The van der Waals surface area contributed by atoms with E-state index >= 15 is 0 Å². The maximum Gasteiger partial charge on any atom is 0.316 e. The van der Waals surface area contributed by atoms with Crippen LogP contribution >= 0.6 is 0 Å². The summed E-state index contributed by atoms with van der Waals surface area (Å²) in [6.45, 7) is 2.84. The van der Waals surface area contributed by atoms with Gasteiger partial charge in [0.25, 0.3) is 0 Å². The van der Waals surface area contributed by atoms with E-state index in [1.54, 1.807) is 30.7 Å². The van der Waals surface area contributed by atoms with Crippen molar-refractivity contribution < 1.29 is 14.3 Å². The Morgan fingerprint density at radius 3 is 2.59 bits per heavy atom. The molecular formula is C23H28N8O3. The SMILES string of the molecule is NC(=O)Nc1cnc2cc(N3CCOCC3)nc(OC3CCC(Nc4ncccn4)CC3)c2c1. The molecule has 2 amide bonds. The van der Waals surface area contributed by atoms with Crippen LogP contribution in [0.25, 0.3) is 10.9 Å². The van der Waals surface area contributed by atoms with Gasteiger partial charge in [-0.15, -0.1) is 0 Å². The summed E-state index contributed by atoms with van der Waals surface area (Å²) < 4.78 is 11.9. The highest BCUT2D eigenvalue weighted by atomic mass is 16.5. The van der Waals surface area contributed by atoms with E-state index in [0.29, 0.717) is 36.8 Å². The predicted molar refractivity (Wildman–Crippen MR) is 128 cm³/mol. The Bertz CT molecular complexity index is 1130. The number of fused-ring (bicyclic) bond motifs is 1. The molecule has 1 aliphatic carbocycles. The third-order valence-electron chi connectivity index (χ3n) is 6.08. The summed E-state index contributed by atoms with van der Waals surface area (Å²) in [4.78, 5) is 31.4. The second-order valence-electron chi connectivity index (χ2n) is 8.47. The molecule has 178 valence electrons. The Kier molecular flexibility index (Phi) is 6.52. The number of morpholine rings is 1. The van der Waals surface area contributed by atoms with Gasteiger partial charge in [-0.1, -0.05) is 0 Å². The second-order valence-corrected chi connectivity index (χ2v) is 8.47. The van der Waals surface area contributed by atoms with Crippen molar-refractivity contribution in [2.75, 3.05) is 41.8 Å². The van der Waals surface area contributed by atoms with E-state index in [4.69, 9.17) is 20.2 Å². The van der Waals surface area contributed by atoms with E-state index in [2.05, 4.69) is 30.5 Å². The van der Waals surface area contributed by atoms with Crippen LogP contribution in [0.2, 0.25) is 0 Å². The van der Waals surface area contributed by atoms with E-state index in [9.17, 15) is 4.79 Å². The fraction of sp³-hybridized carbons (Fsp3) is 0.435. The van der Waals surface area contributed by atoms with Gasteiger partial charge in [-0.05, 0) is 37.8 Å². The fourth-order valence-electron chi connectivity index (χ4n) is 4.37. The monoisotopic (exact) mass is 464 g/mol. The summed E-state index contributed by atoms with van der Waals surface area (Å²) in [7, 11) is 0. The average Bonchev–Trinajstić information content (AvgIpc) is 2.86. The van der Waals surface area contributed by atoms with Gasteiger partial charge in [0.1, 0.15) is 11.9 Å². The molecule has 0 spiro atoms. The molecule has 0 radical (unpaired) electrons. The fourth-order valence-corrected chi connectivity index (χ4v) is 4.37. The van der Waals surface area contributed by atoms with Crippen LogP contribution in [0.5, 0.6) is 5.88 Å². The number of carbonyl (C=O) groups excluding carboxylic acids is 1. The van der Waals surface area contributed by atoms with E-state index < -0.39 is 6.03 Å². The van der Waals surface area contributed by atoms with Gasteiger partial charge in [-0.25, -0.2) is 14.8 Å². The van der Waals surface area contributed by atoms with Gasteiger partial charge in [0, 0.05) is 37.6 Å². The van der Waals surface area contributed by atoms with Crippen LogP contribution in [0.3, 0.4) is 0 Å². The standard InChI is InChI=1S/C23H28N8O3/c24-22(32)28-16-12-18-19(27-14-16)13-20(31-8-10-33-11-9-31)30-21(18)34-17-4-2-15(3-5-17)29-23-25-6-1-7-26-23/h1,6-7,12-15,17H,2-5,8-11H2,(H3,24,28,32)(H,25,26,29). The van der Waals surface area contributed by atoms with Crippen molar-refractivity contribution in [1.29, 1.82) is 0 Å². The lowest BCUT2D eigenvalue weighted by molar-refractivity contribution is 0.122. The number of aromatic nitrogens is 4. The molecule has 1 saturated carbocycles. The number of hydrogen-bond acceptors (Lipinski definition) is 9. The minimum atomic E-state index is -0.644. The van der Waals surface area contributed by atoms with Gasteiger partial charge in [0.15, 0.2) is 0 Å². The number of nitrogens with zero attached hydrogens (tertiary/aromatic N) is 5. The van der Waals surface area contributed by atoms with Gasteiger partial charge in [0.05, 0.1) is 36.0 Å². The smallest absolute Gasteiger partial charge is 0.316 e. The molecule has 2 aliphatic rings. The van der Waals surface area contributed by atoms with Gasteiger partial charge in [-0.2, -0.15) is 4.98 Å². The number of nitrogens with one attached hydrogen (secondary N) is 2. The van der Waals surface area contributed by atoms with Crippen molar-refractivity contribution in [1.82, 2.24) is 19.9 Å². The maximum absolute atomic E-state index is 11.3. The zero-order valence-corrected chi connectivity index (χ0v) is 18.8. The van der Waals surface area contributed by atoms with Crippen molar-refractivity contribution in [2.45, 2.75) is 37.8 Å². The molecule has 4 heterocycles. The summed E-state index contributed by atoms with van der Waals surface area (Å²) in [5, 5.41) is 6.72. The minimum Gasteiger partial charge on any atom is -0.474 e. The molecule has 11 heteroatoms. The van der Waals surface area contributed by atoms with Crippen LogP contribution in [0.15, 0.2) is 36.8 Å². The summed E-state index contributed by atoms with van der Waals surface area (Å²) in [5.41, 5.74) is 6.54. The minimum absolute atomic E-state index is 0.0261. The summed E-state index contributed by atoms with van der Waals surface area (Å²) in [5.74, 6) is 1.98. The largest absolute Gasteiger partial charge is 0.474 e. The zero-order chi connectivity index (χ0) is 23.3. The Morgan fingerprint density at radius 1 is 1.09 bits per heavy atom. The Hall–Kier alpha value is -3.73. The second kappa shape index (κ2) is 10.0. The first kappa shape index (κ1) is 22.1. The molecule has 5 rings (SSSR count). The van der Waals surface area contributed by atoms with Crippen molar-refractivity contribution in [2.24, 2.45) is 5.73 Å². The normalized spacial score (nSPS) is 20.6. The highest BCUT2D eigenvalue weighted by Gasteiger charge is 2.25. The number of carbonyl (C=O) groups is 1. The first-order valence-corrected chi connectivity index (χ1v) is 11.5. The van der Waals surface area contributed by atoms with Gasteiger partial charge in [-0.3, -0.25) is 4.98 Å². The zero-order valence-electron chi connectivity index (χ0n) is 18.8. The first-order chi connectivity index (χ1) is 16.6. The number of urea groups is 1. The summed E-state index contributed by atoms with van der Waals surface area (Å²) in [6.07, 6.45) is 8.72. The highest BCUT2D eigenvalue weighted by Crippen LogP contribution is 2.32. The molecular weight excluding hydrogens is 436 g/mol. The molecule has 0 bridgehead atoms. The number of primary amides is 1. The van der Waals surface area contributed by atoms with Gasteiger partial charge >= 0.3 is 6.03 Å². The van der Waals surface area contributed by atoms with Crippen LogP contribution < -0.4 is 26.0 Å². The highest BCUT2D eigenvalue weighted by molar-refractivity contribution is 5.93. The van der Waals surface area contributed by atoms with Gasteiger partial charge < -0.3 is 30.7 Å². The van der Waals surface area contributed by atoms with E-state index in [0.717, 1.165) is 55.5 Å². The van der Waals surface area contributed by atoms with Crippen LogP contribution in [0, 0.1) is 0 Å². The third-order valence-corrected chi connectivity index (χ3v) is 6.08. The van der Waals surface area contributed by atoms with Gasteiger partial charge in [0.2, 0.25) is 11.8 Å². The number of anilines is 3. The molecule has 3 aromatic heterocycles. The molecule has 2 fully saturated rings. The van der Waals surface area contributed by atoms with Crippen molar-refractivity contribution in [3.63, 3.8) is 0 Å². The Balaban J connectivity index is 1.35. The molecule has 11 nitrogen and oxygen atoms in total. The van der Waals surface area contributed by atoms with Crippen LogP contribution in [0.1, 0.15) is 25.7 Å². The van der Waals surface area contributed by atoms with E-state index in [1.807, 2.05) is 6.07 Å². The topological polar surface area (TPSA) is 140 Å². The molecule has 1 saturated heterocycles. The molecule has 0 atom stereocenters. The number of hydrogen-bond donors (Lipinski definition) is 3. The number of nitrogens with two attached hydrogens (primary N) is 1. The van der Waals surface area contributed by atoms with Crippen molar-refractivity contribution in [3.8, 4) is 5.88 Å². The number of ether oxygens (including phenoxy) is 2. The third kappa shape index (κ3) is 5.25. The number of rotatable bonds is 6. The maximum atomic E-state index is 11.3. The van der Waals surface area contributed by atoms with Crippen LogP contribution in [-0.4, -0.2) is 64.4 Å². The van der Waals surface area contributed by atoms with Crippen molar-refractivity contribution in [3.05, 3.63) is 36.8 Å². The Morgan fingerprint density at radius 2 is 1.85 bits per heavy atom. The van der Waals surface area contributed by atoms with Crippen LogP contribution in [-0.2, 0) is 4.74 Å². The van der Waals surface area contributed by atoms with E-state index in [-0.39, 0.29) is 6.10 Å². The Labute approximate surface area is 197 Å². The lowest BCUT2D eigenvalue weighted by Gasteiger charge is -2.31. The summed E-state index contributed by atoms with van der Waals surface area (Å²) >= 11 is 0. The average molecular weight is 465 g/mol. The quantitative estimate of drug-likeness (QED) is 0.502. The van der Waals surface area contributed by atoms with Crippen LogP contribution in [0.4, 0.5) is 22.2 Å². The lowest BCUT2D eigenvalue weighted by Crippen LogP contribution is -2.37. The molecule has 0 aromatic carbocycles. The molecule has 4 N–H and O–H groups in total. The number of pyridine rings is 2. The molecule has 3 aromatic rings. The molecule has 0 unspecified atom stereocenters. The van der Waals surface area contributed by atoms with Crippen molar-refractivity contribution >= 4 is 34.4 Å². The van der Waals surface area contributed by atoms with E-state index in [1.165, 1.54) is 0 Å². The summed E-state index contributed by atoms with van der Waals surface area (Å²) in [6, 6.07) is 5.22. The predicted octanol–water partition coefficient (Wildman–Crippen LogP) is 2.55.